The third kappa shape index (κ3) is 1.27. The van der Waals surface area contributed by atoms with Crippen molar-refractivity contribution >= 4 is 29.3 Å². The lowest BCUT2D eigenvalue weighted by molar-refractivity contribution is -0.184. The Morgan fingerprint density at radius 2 is 1.24 bits per heavy atom. The maximum atomic E-state index is 12.4. The topological polar surface area (TPSA) is 74.8 Å². The number of β-lactam (4-membered cyclic amide) rings is 4. The van der Waals surface area contributed by atoms with Crippen molar-refractivity contribution < 1.29 is 19.2 Å². The lowest BCUT2D eigenvalue weighted by Gasteiger charge is -2.51. The fourth-order valence-corrected chi connectivity index (χ4v) is 3.19. The van der Waals surface area contributed by atoms with Crippen molar-refractivity contribution in [1.29, 1.82) is 0 Å². The van der Waals surface area contributed by atoms with Gasteiger partial charge in [-0.15, -0.1) is 0 Å². The molecular weight excluding hydrogens is 272 g/mol. The number of benzene rings is 1. The number of amides is 4. The summed E-state index contributed by atoms with van der Waals surface area (Å²) in [6.07, 6.45) is 0. The number of hydrogen-bond acceptors (Lipinski definition) is 4. The smallest absolute Gasteiger partial charge is 0.282 e. The Bertz CT molecular complexity index is 693. The Kier molecular flexibility index (Phi) is 2.43. The Morgan fingerprint density at radius 1 is 0.810 bits per heavy atom. The first-order valence-electron chi connectivity index (χ1n) is 6.54. The fourth-order valence-electron chi connectivity index (χ4n) is 3.19. The van der Waals surface area contributed by atoms with Crippen LogP contribution in [0.4, 0.5) is 5.69 Å². The Labute approximate surface area is 121 Å². The zero-order valence-electron chi connectivity index (χ0n) is 12.2. The van der Waals surface area contributed by atoms with Crippen molar-refractivity contribution in [3.8, 4) is 0 Å². The Balaban J connectivity index is 2.07. The molecule has 0 unspecified atom stereocenters. The van der Waals surface area contributed by atoms with Crippen molar-refractivity contribution in [2.45, 2.75) is 20.8 Å². The van der Waals surface area contributed by atoms with E-state index in [1.165, 1.54) is 7.05 Å². The third-order valence-electron chi connectivity index (χ3n) is 4.16. The van der Waals surface area contributed by atoms with Gasteiger partial charge in [0.05, 0.1) is 5.69 Å². The van der Waals surface area contributed by atoms with E-state index in [1.807, 2.05) is 19.1 Å². The first-order chi connectivity index (χ1) is 9.74. The molecule has 0 bridgehead atoms. The molecule has 2 saturated heterocycles. The average molecular weight is 286 g/mol. The van der Waals surface area contributed by atoms with Gasteiger partial charge in [0.1, 0.15) is 0 Å². The van der Waals surface area contributed by atoms with Crippen LogP contribution in [0.3, 0.4) is 0 Å². The molecule has 0 aliphatic carbocycles. The molecule has 2 heterocycles. The van der Waals surface area contributed by atoms with E-state index in [2.05, 4.69) is 0 Å². The van der Waals surface area contributed by atoms with Gasteiger partial charge in [-0.2, -0.15) is 0 Å². The maximum absolute atomic E-state index is 12.4. The van der Waals surface area contributed by atoms with Crippen molar-refractivity contribution in [3.63, 3.8) is 0 Å². The highest BCUT2D eigenvalue weighted by molar-refractivity contribution is 6.59. The zero-order valence-corrected chi connectivity index (χ0v) is 12.2. The molecule has 6 heteroatoms. The number of aryl methyl sites for hydroxylation is 3. The van der Waals surface area contributed by atoms with E-state index in [0.29, 0.717) is 5.69 Å². The lowest BCUT2D eigenvalue weighted by Crippen LogP contribution is -2.83. The molecule has 0 aromatic heterocycles. The highest BCUT2D eigenvalue weighted by Crippen LogP contribution is 2.47. The van der Waals surface area contributed by atoms with E-state index < -0.39 is 29.0 Å². The molecule has 2 aliphatic rings. The Morgan fingerprint density at radius 3 is 1.67 bits per heavy atom. The summed E-state index contributed by atoms with van der Waals surface area (Å²) in [6, 6.07) is 3.70. The first kappa shape index (κ1) is 13.5. The van der Waals surface area contributed by atoms with Crippen LogP contribution in [0.1, 0.15) is 16.7 Å². The van der Waals surface area contributed by atoms with Gasteiger partial charge in [0.15, 0.2) is 0 Å². The van der Waals surface area contributed by atoms with E-state index in [-0.39, 0.29) is 0 Å². The molecule has 0 atom stereocenters. The van der Waals surface area contributed by atoms with Crippen LogP contribution in [-0.2, 0) is 19.2 Å². The van der Waals surface area contributed by atoms with Crippen LogP contribution in [0.25, 0.3) is 0 Å². The normalized spacial score (nSPS) is 20.0. The quantitative estimate of drug-likeness (QED) is 0.555. The minimum Gasteiger partial charge on any atom is -0.282 e. The number of anilines is 1. The van der Waals surface area contributed by atoms with E-state index in [0.717, 1.165) is 26.5 Å². The first-order valence-corrected chi connectivity index (χ1v) is 6.54. The summed E-state index contributed by atoms with van der Waals surface area (Å²) in [4.78, 5) is 50.2. The van der Waals surface area contributed by atoms with Gasteiger partial charge in [-0.1, -0.05) is 17.7 Å². The molecule has 2 aliphatic heterocycles. The second-order valence-corrected chi connectivity index (χ2v) is 5.61. The van der Waals surface area contributed by atoms with Gasteiger partial charge in [-0.25, -0.2) is 4.90 Å². The van der Waals surface area contributed by atoms with Gasteiger partial charge in [-0.05, 0) is 31.9 Å². The second kappa shape index (κ2) is 3.78. The Hall–Kier alpha value is -2.50. The van der Waals surface area contributed by atoms with E-state index in [9.17, 15) is 19.2 Å². The molecule has 1 aromatic rings. The second-order valence-electron chi connectivity index (χ2n) is 5.61. The summed E-state index contributed by atoms with van der Waals surface area (Å²) in [7, 11) is 1.27. The van der Waals surface area contributed by atoms with Crippen LogP contribution in [-0.4, -0.2) is 35.6 Å². The summed E-state index contributed by atoms with van der Waals surface area (Å²) >= 11 is 0. The van der Waals surface area contributed by atoms with E-state index >= 15 is 0 Å². The molecule has 2 fully saturated rings. The standard InChI is InChI=1S/C15H14N2O4/c1-7-5-8(2)10(9(3)6-7)17-13(20)15(14(17)21)11(18)16(4)12(15)19/h5-6H,1-4H3. The molecule has 0 radical (unpaired) electrons. The molecule has 3 rings (SSSR count). The summed E-state index contributed by atoms with van der Waals surface area (Å²) in [6.45, 7) is 5.49. The van der Waals surface area contributed by atoms with Crippen LogP contribution >= 0.6 is 0 Å². The minimum atomic E-state index is -2.10. The van der Waals surface area contributed by atoms with Gasteiger partial charge >= 0.3 is 0 Å². The molecule has 6 nitrogen and oxygen atoms in total. The number of nitrogens with zero attached hydrogens (tertiary/aromatic N) is 2. The minimum absolute atomic E-state index is 0.469. The van der Waals surface area contributed by atoms with Crippen LogP contribution in [0.2, 0.25) is 0 Å². The molecule has 4 amide bonds. The summed E-state index contributed by atoms with van der Waals surface area (Å²) < 4.78 is 0. The molecule has 1 aromatic carbocycles. The largest absolute Gasteiger partial charge is 0.285 e. The van der Waals surface area contributed by atoms with E-state index in [1.54, 1.807) is 13.8 Å². The van der Waals surface area contributed by atoms with Crippen molar-refractivity contribution in [3.05, 3.63) is 28.8 Å². The summed E-state index contributed by atoms with van der Waals surface area (Å²) in [5.41, 5.74) is 0.905. The van der Waals surface area contributed by atoms with E-state index in [4.69, 9.17) is 0 Å². The molecular formula is C15H14N2O4. The molecule has 21 heavy (non-hydrogen) atoms. The molecule has 0 N–H and O–H groups in total. The van der Waals surface area contributed by atoms with Crippen molar-refractivity contribution in [1.82, 2.24) is 4.90 Å². The molecule has 0 saturated carbocycles. The molecule has 1 spiro atoms. The third-order valence-corrected chi connectivity index (χ3v) is 4.16. The van der Waals surface area contributed by atoms with Crippen LogP contribution in [0, 0.1) is 26.2 Å². The zero-order chi connectivity index (χ0) is 15.7. The van der Waals surface area contributed by atoms with Gasteiger partial charge in [0, 0.05) is 7.05 Å². The average Bonchev–Trinajstić information content (AvgIpc) is 2.42. The van der Waals surface area contributed by atoms with Gasteiger partial charge < -0.3 is 0 Å². The van der Waals surface area contributed by atoms with Crippen LogP contribution < -0.4 is 4.90 Å². The lowest BCUT2D eigenvalue weighted by atomic mass is 9.68. The number of likely N-dealkylation sites (tertiary alicyclic amines) is 1. The number of imide groups is 2. The SMILES string of the molecule is Cc1cc(C)c(N2C(=O)C3(C(=O)N(C)C3=O)C2=O)c(C)c1. The predicted octanol–water partition coefficient (Wildman–Crippen LogP) is 0.470. The number of hydrogen-bond donors (Lipinski definition) is 0. The molecule has 108 valence electrons. The van der Waals surface area contributed by atoms with Gasteiger partial charge in [0.25, 0.3) is 29.0 Å². The number of rotatable bonds is 1. The van der Waals surface area contributed by atoms with Gasteiger partial charge in [0.2, 0.25) is 0 Å². The number of carbonyl (C=O) groups excluding carboxylic acids is 4. The fraction of sp³-hybridized carbons (Fsp3) is 0.333. The van der Waals surface area contributed by atoms with Crippen LogP contribution in [0.5, 0.6) is 0 Å². The monoisotopic (exact) mass is 286 g/mol. The highest BCUT2D eigenvalue weighted by atomic mass is 16.2. The highest BCUT2D eigenvalue weighted by Gasteiger charge is 2.79. The summed E-state index contributed by atoms with van der Waals surface area (Å²) in [5.74, 6) is -2.95. The number of carbonyl (C=O) groups is 4. The van der Waals surface area contributed by atoms with Crippen molar-refractivity contribution in [2.75, 3.05) is 11.9 Å². The van der Waals surface area contributed by atoms with Crippen molar-refractivity contribution in [2.24, 2.45) is 5.41 Å². The predicted molar refractivity (Wildman–Crippen MR) is 73.4 cm³/mol. The van der Waals surface area contributed by atoms with Gasteiger partial charge in [-0.3, -0.25) is 24.1 Å². The summed E-state index contributed by atoms with van der Waals surface area (Å²) in [5, 5.41) is 0. The maximum Gasteiger partial charge on any atom is 0.285 e. The van der Waals surface area contributed by atoms with Crippen LogP contribution in [0.15, 0.2) is 12.1 Å².